The highest BCUT2D eigenvalue weighted by molar-refractivity contribution is 5.55. The van der Waals surface area contributed by atoms with Gasteiger partial charge in [0.25, 0.3) is 0 Å². The van der Waals surface area contributed by atoms with Crippen molar-refractivity contribution in [2.45, 2.75) is 44.6 Å². The fourth-order valence-electron chi connectivity index (χ4n) is 2.38. The lowest BCUT2D eigenvalue weighted by atomic mass is 10.0. The van der Waals surface area contributed by atoms with Crippen LogP contribution in [0.15, 0.2) is 6.33 Å². The number of aromatic nitrogens is 2. The van der Waals surface area contributed by atoms with Gasteiger partial charge in [-0.1, -0.05) is 19.8 Å². The van der Waals surface area contributed by atoms with E-state index in [1.807, 2.05) is 6.92 Å². The van der Waals surface area contributed by atoms with E-state index in [1.165, 1.54) is 6.33 Å². The monoisotopic (exact) mass is 236 g/mol. The van der Waals surface area contributed by atoms with Gasteiger partial charge in [-0.25, -0.2) is 9.97 Å². The minimum absolute atomic E-state index is 0.517. The molecular formula is C12H20N4O. The smallest absolute Gasteiger partial charge is 0.134 e. The Bertz CT molecular complexity index is 388. The SMILES string of the molecule is CCc1c(N)ncnc1NCC1(O)CCCC1. The van der Waals surface area contributed by atoms with Gasteiger partial charge in [-0.3, -0.25) is 0 Å². The molecule has 0 unspecified atom stereocenters. The van der Waals surface area contributed by atoms with E-state index in [0.717, 1.165) is 43.5 Å². The number of nitrogens with two attached hydrogens (primary N) is 1. The highest BCUT2D eigenvalue weighted by Gasteiger charge is 2.31. The molecule has 1 aromatic heterocycles. The Morgan fingerprint density at radius 2 is 2.12 bits per heavy atom. The maximum atomic E-state index is 10.2. The molecule has 5 heteroatoms. The third-order valence-corrected chi connectivity index (χ3v) is 3.45. The number of nitrogens with one attached hydrogen (secondary N) is 1. The maximum Gasteiger partial charge on any atom is 0.134 e. The molecule has 4 N–H and O–H groups in total. The summed E-state index contributed by atoms with van der Waals surface area (Å²) in [5.74, 6) is 1.27. The minimum atomic E-state index is -0.579. The van der Waals surface area contributed by atoms with E-state index in [1.54, 1.807) is 0 Å². The molecule has 17 heavy (non-hydrogen) atoms. The lowest BCUT2D eigenvalue weighted by Crippen LogP contribution is -2.34. The zero-order valence-electron chi connectivity index (χ0n) is 10.2. The standard InChI is InChI=1S/C12H20N4O/c1-2-9-10(13)15-8-16-11(9)14-7-12(17)5-3-4-6-12/h8,17H,2-7H2,1H3,(H3,13,14,15,16). The molecule has 0 bridgehead atoms. The van der Waals surface area contributed by atoms with Crippen LogP contribution in [-0.2, 0) is 6.42 Å². The van der Waals surface area contributed by atoms with Gasteiger partial charge >= 0.3 is 0 Å². The summed E-state index contributed by atoms with van der Waals surface area (Å²) < 4.78 is 0. The number of aliphatic hydroxyl groups is 1. The number of rotatable bonds is 4. The molecule has 0 aromatic carbocycles. The van der Waals surface area contributed by atoms with Crippen LogP contribution in [0.25, 0.3) is 0 Å². The Morgan fingerprint density at radius 1 is 1.41 bits per heavy atom. The first-order valence-corrected chi connectivity index (χ1v) is 6.20. The Morgan fingerprint density at radius 3 is 2.76 bits per heavy atom. The maximum absolute atomic E-state index is 10.2. The predicted molar refractivity (Wildman–Crippen MR) is 67.7 cm³/mol. The van der Waals surface area contributed by atoms with Gasteiger partial charge in [0.1, 0.15) is 18.0 Å². The normalized spacial score (nSPS) is 18.2. The fourth-order valence-corrected chi connectivity index (χ4v) is 2.38. The molecular weight excluding hydrogens is 216 g/mol. The van der Waals surface area contributed by atoms with Crippen molar-refractivity contribution in [3.63, 3.8) is 0 Å². The van der Waals surface area contributed by atoms with E-state index in [4.69, 9.17) is 5.73 Å². The highest BCUT2D eigenvalue weighted by Crippen LogP contribution is 2.30. The summed E-state index contributed by atoms with van der Waals surface area (Å²) in [6.07, 6.45) is 6.17. The lowest BCUT2D eigenvalue weighted by molar-refractivity contribution is 0.0614. The first-order valence-electron chi connectivity index (χ1n) is 6.20. The second-order valence-electron chi connectivity index (χ2n) is 4.72. The van der Waals surface area contributed by atoms with Gasteiger partial charge < -0.3 is 16.2 Å². The van der Waals surface area contributed by atoms with E-state index in [-0.39, 0.29) is 0 Å². The van der Waals surface area contributed by atoms with Crippen molar-refractivity contribution in [1.29, 1.82) is 0 Å². The van der Waals surface area contributed by atoms with Crippen LogP contribution in [0.3, 0.4) is 0 Å². The van der Waals surface area contributed by atoms with E-state index >= 15 is 0 Å². The summed E-state index contributed by atoms with van der Waals surface area (Å²) in [6.45, 7) is 2.56. The topological polar surface area (TPSA) is 84.1 Å². The zero-order chi connectivity index (χ0) is 12.3. The Hall–Kier alpha value is -1.36. The molecule has 1 aliphatic carbocycles. The van der Waals surface area contributed by atoms with Crippen molar-refractivity contribution in [1.82, 2.24) is 9.97 Å². The zero-order valence-corrected chi connectivity index (χ0v) is 10.2. The first-order chi connectivity index (χ1) is 8.14. The van der Waals surface area contributed by atoms with Gasteiger partial charge in [-0.15, -0.1) is 0 Å². The largest absolute Gasteiger partial charge is 0.388 e. The average Bonchev–Trinajstić information content (AvgIpc) is 2.74. The number of hydrogen-bond donors (Lipinski definition) is 3. The van der Waals surface area contributed by atoms with Gasteiger partial charge in [0.2, 0.25) is 0 Å². The van der Waals surface area contributed by atoms with Gasteiger partial charge in [-0.05, 0) is 19.3 Å². The molecule has 2 rings (SSSR count). The number of nitrogen functional groups attached to an aromatic ring is 1. The van der Waals surface area contributed by atoms with Gasteiger partial charge in [-0.2, -0.15) is 0 Å². The molecule has 0 spiro atoms. The molecule has 1 aliphatic rings. The predicted octanol–water partition coefficient (Wildman–Crippen LogP) is 1.34. The van der Waals surface area contributed by atoms with Gasteiger partial charge in [0.15, 0.2) is 0 Å². The van der Waals surface area contributed by atoms with Crippen molar-refractivity contribution in [3.8, 4) is 0 Å². The summed E-state index contributed by atoms with van der Waals surface area (Å²) in [7, 11) is 0. The van der Waals surface area contributed by atoms with E-state index in [0.29, 0.717) is 12.4 Å². The molecule has 0 aliphatic heterocycles. The quantitative estimate of drug-likeness (QED) is 0.734. The van der Waals surface area contributed by atoms with Crippen LogP contribution >= 0.6 is 0 Å². The van der Waals surface area contributed by atoms with Gasteiger partial charge in [0.05, 0.1) is 5.60 Å². The molecule has 0 atom stereocenters. The van der Waals surface area contributed by atoms with Crippen LogP contribution < -0.4 is 11.1 Å². The summed E-state index contributed by atoms with van der Waals surface area (Å²) in [6, 6.07) is 0. The first kappa shape index (κ1) is 12.1. The fraction of sp³-hybridized carbons (Fsp3) is 0.667. The van der Waals surface area contributed by atoms with Crippen molar-refractivity contribution >= 4 is 11.6 Å². The lowest BCUT2D eigenvalue weighted by Gasteiger charge is -2.23. The molecule has 1 heterocycles. The second-order valence-corrected chi connectivity index (χ2v) is 4.72. The molecule has 1 fully saturated rings. The molecule has 0 amide bonds. The van der Waals surface area contributed by atoms with Crippen LogP contribution in [0.1, 0.15) is 38.2 Å². The molecule has 0 radical (unpaired) electrons. The summed E-state index contributed by atoms with van der Waals surface area (Å²) in [4.78, 5) is 8.16. The Labute approximate surface area is 101 Å². The second kappa shape index (κ2) is 4.87. The Kier molecular flexibility index (Phi) is 3.47. The third-order valence-electron chi connectivity index (χ3n) is 3.45. The van der Waals surface area contributed by atoms with Crippen molar-refractivity contribution in [2.24, 2.45) is 0 Å². The number of hydrogen-bond acceptors (Lipinski definition) is 5. The molecule has 0 saturated heterocycles. The third kappa shape index (κ3) is 2.66. The minimum Gasteiger partial charge on any atom is -0.388 e. The van der Waals surface area contributed by atoms with Crippen molar-refractivity contribution in [2.75, 3.05) is 17.6 Å². The van der Waals surface area contributed by atoms with Crippen molar-refractivity contribution < 1.29 is 5.11 Å². The van der Waals surface area contributed by atoms with Crippen molar-refractivity contribution in [3.05, 3.63) is 11.9 Å². The van der Waals surface area contributed by atoms with Gasteiger partial charge in [0, 0.05) is 12.1 Å². The van der Waals surface area contributed by atoms with E-state index in [9.17, 15) is 5.11 Å². The Balaban J connectivity index is 2.06. The average molecular weight is 236 g/mol. The molecule has 5 nitrogen and oxygen atoms in total. The number of anilines is 2. The highest BCUT2D eigenvalue weighted by atomic mass is 16.3. The summed E-state index contributed by atoms with van der Waals surface area (Å²) in [5, 5.41) is 13.5. The van der Waals surface area contributed by atoms with Crippen LogP contribution in [0.4, 0.5) is 11.6 Å². The van der Waals surface area contributed by atoms with E-state index in [2.05, 4.69) is 15.3 Å². The summed E-state index contributed by atoms with van der Waals surface area (Å²) >= 11 is 0. The molecule has 1 aromatic rings. The molecule has 94 valence electrons. The van der Waals surface area contributed by atoms with Crippen LogP contribution in [0.2, 0.25) is 0 Å². The van der Waals surface area contributed by atoms with Crippen LogP contribution in [0, 0.1) is 0 Å². The van der Waals surface area contributed by atoms with Crippen LogP contribution in [-0.4, -0.2) is 27.2 Å². The number of nitrogens with zero attached hydrogens (tertiary/aromatic N) is 2. The van der Waals surface area contributed by atoms with E-state index < -0.39 is 5.60 Å². The summed E-state index contributed by atoms with van der Waals surface area (Å²) in [5.41, 5.74) is 6.14. The van der Waals surface area contributed by atoms with Crippen LogP contribution in [0.5, 0.6) is 0 Å². The molecule has 1 saturated carbocycles.